The Morgan fingerprint density at radius 1 is 1.35 bits per heavy atom. The van der Waals surface area contributed by atoms with Crippen molar-refractivity contribution in [2.24, 2.45) is 20.0 Å². The van der Waals surface area contributed by atoms with Crippen LogP contribution in [0, 0.1) is 5.92 Å². The van der Waals surface area contributed by atoms with E-state index in [9.17, 15) is 9.59 Å². The molecule has 0 bridgehead atoms. The SMILES string of the molecule is Cn1cnc(C(=O)N2C[C@H]3C[C@H](CNC(=O)c4cccn4C)O[C@H]3C2)n1. The van der Waals surface area contributed by atoms with Crippen molar-refractivity contribution in [1.82, 2.24) is 29.5 Å². The van der Waals surface area contributed by atoms with Crippen LogP contribution in [0.5, 0.6) is 0 Å². The van der Waals surface area contributed by atoms with Crippen molar-refractivity contribution in [3.63, 3.8) is 0 Å². The molecule has 9 heteroatoms. The van der Waals surface area contributed by atoms with Crippen molar-refractivity contribution in [3.05, 3.63) is 36.2 Å². The fourth-order valence-corrected chi connectivity index (χ4v) is 3.73. The van der Waals surface area contributed by atoms with Crippen molar-refractivity contribution in [3.8, 4) is 0 Å². The largest absolute Gasteiger partial charge is 0.371 e. The monoisotopic (exact) mass is 358 g/mol. The Morgan fingerprint density at radius 3 is 2.85 bits per heavy atom. The van der Waals surface area contributed by atoms with Gasteiger partial charge in [-0.15, -0.1) is 5.10 Å². The van der Waals surface area contributed by atoms with Crippen LogP contribution in [-0.4, -0.2) is 67.9 Å². The summed E-state index contributed by atoms with van der Waals surface area (Å²) >= 11 is 0. The summed E-state index contributed by atoms with van der Waals surface area (Å²) in [4.78, 5) is 30.4. The lowest BCUT2D eigenvalue weighted by molar-refractivity contribution is 0.0355. The first-order valence-corrected chi connectivity index (χ1v) is 8.71. The smallest absolute Gasteiger partial charge is 0.293 e. The number of carbonyl (C=O) groups excluding carboxylic acids is 2. The number of carbonyl (C=O) groups is 2. The van der Waals surface area contributed by atoms with Gasteiger partial charge in [0.1, 0.15) is 12.0 Å². The number of hydrogen-bond donors (Lipinski definition) is 1. The second-order valence-corrected chi connectivity index (χ2v) is 6.96. The molecule has 2 aliphatic rings. The van der Waals surface area contributed by atoms with E-state index in [1.165, 1.54) is 11.0 Å². The highest BCUT2D eigenvalue weighted by molar-refractivity contribution is 5.92. The minimum Gasteiger partial charge on any atom is -0.371 e. The van der Waals surface area contributed by atoms with Gasteiger partial charge in [0.15, 0.2) is 0 Å². The predicted octanol–water partition coefficient (Wildman–Crippen LogP) is -0.187. The average Bonchev–Trinajstić information content (AvgIpc) is 3.35. The summed E-state index contributed by atoms with van der Waals surface area (Å²) < 4.78 is 9.35. The molecule has 1 N–H and O–H groups in total. The lowest BCUT2D eigenvalue weighted by Crippen LogP contribution is -2.36. The Hall–Kier alpha value is -2.68. The van der Waals surface area contributed by atoms with Gasteiger partial charge in [-0.05, 0) is 18.6 Å². The molecule has 0 aromatic carbocycles. The molecule has 4 rings (SSSR count). The summed E-state index contributed by atoms with van der Waals surface area (Å²) in [5.41, 5.74) is 0.628. The van der Waals surface area contributed by atoms with Crippen molar-refractivity contribution < 1.29 is 14.3 Å². The standard InChI is InChI=1S/C17H22N6O3/c1-21-5-3-4-13(21)16(24)18-7-12-6-11-8-23(9-14(11)26-12)17(25)15-19-10-22(2)20-15/h3-5,10-12,14H,6-9H2,1-2H3,(H,18,24)/t11-,12-,14+/m1/s1. The van der Waals surface area contributed by atoms with Gasteiger partial charge in [-0.25, -0.2) is 4.98 Å². The summed E-state index contributed by atoms with van der Waals surface area (Å²) in [6, 6.07) is 3.63. The van der Waals surface area contributed by atoms with E-state index in [-0.39, 0.29) is 29.8 Å². The highest BCUT2D eigenvalue weighted by atomic mass is 16.5. The van der Waals surface area contributed by atoms with Crippen LogP contribution in [0.4, 0.5) is 0 Å². The number of nitrogens with zero attached hydrogens (tertiary/aromatic N) is 5. The van der Waals surface area contributed by atoms with E-state index in [1.54, 1.807) is 22.6 Å². The van der Waals surface area contributed by atoms with Gasteiger partial charge in [-0.2, -0.15) is 0 Å². The Labute approximate surface area is 150 Å². The van der Waals surface area contributed by atoms with E-state index in [0.29, 0.717) is 31.2 Å². The zero-order chi connectivity index (χ0) is 18.3. The van der Waals surface area contributed by atoms with E-state index in [0.717, 1.165) is 6.42 Å². The van der Waals surface area contributed by atoms with Crippen LogP contribution in [0.15, 0.2) is 24.7 Å². The lowest BCUT2D eigenvalue weighted by Gasteiger charge is -2.18. The molecule has 2 fully saturated rings. The molecule has 0 saturated carbocycles. The number of hydrogen-bond acceptors (Lipinski definition) is 5. The highest BCUT2D eigenvalue weighted by Gasteiger charge is 2.44. The third-order valence-corrected chi connectivity index (χ3v) is 5.06. The topological polar surface area (TPSA) is 94.3 Å². The number of aryl methyl sites for hydroxylation is 2. The van der Waals surface area contributed by atoms with Gasteiger partial charge in [0.2, 0.25) is 5.82 Å². The molecule has 138 valence electrons. The van der Waals surface area contributed by atoms with Gasteiger partial charge >= 0.3 is 0 Å². The summed E-state index contributed by atoms with van der Waals surface area (Å²) in [6.07, 6.45) is 4.19. The maximum absolute atomic E-state index is 12.4. The molecule has 0 radical (unpaired) electrons. The van der Waals surface area contributed by atoms with Gasteiger partial charge < -0.3 is 19.5 Å². The molecule has 9 nitrogen and oxygen atoms in total. The minimum atomic E-state index is -0.155. The van der Waals surface area contributed by atoms with Crippen molar-refractivity contribution in [2.45, 2.75) is 18.6 Å². The van der Waals surface area contributed by atoms with Crippen LogP contribution < -0.4 is 5.32 Å². The van der Waals surface area contributed by atoms with Gasteiger partial charge in [0.05, 0.1) is 12.2 Å². The van der Waals surface area contributed by atoms with E-state index in [4.69, 9.17) is 4.74 Å². The van der Waals surface area contributed by atoms with Gasteiger partial charge in [0.25, 0.3) is 11.8 Å². The maximum atomic E-state index is 12.4. The molecular weight excluding hydrogens is 336 g/mol. The molecule has 26 heavy (non-hydrogen) atoms. The summed E-state index contributed by atoms with van der Waals surface area (Å²) in [7, 11) is 3.58. The molecule has 2 saturated heterocycles. The summed E-state index contributed by atoms with van der Waals surface area (Å²) in [5.74, 6) is 0.256. The van der Waals surface area contributed by atoms with Crippen LogP contribution in [0.3, 0.4) is 0 Å². The molecule has 4 heterocycles. The van der Waals surface area contributed by atoms with Gasteiger partial charge in [0, 0.05) is 45.8 Å². The Balaban J connectivity index is 1.28. The second-order valence-electron chi connectivity index (χ2n) is 6.96. The van der Waals surface area contributed by atoms with Crippen LogP contribution >= 0.6 is 0 Å². The number of nitrogens with one attached hydrogen (secondary N) is 1. The molecule has 0 unspecified atom stereocenters. The molecule has 2 amide bonds. The molecule has 2 aromatic heterocycles. The summed E-state index contributed by atoms with van der Waals surface area (Å²) in [6.45, 7) is 1.67. The first-order chi connectivity index (χ1) is 12.5. The first-order valence-electron chi connectivity index (χ1n) is 8.71. The zero-order valence-electron chi connectivity index (χ0n) is 14.8. The highest BCUT2D eigenvalue weighted by Crippen LogP contribution is 2.33. The molecule has 2 aromatic rings. The van der Waals surface area contributed by atoms with Crippen molar-refractivity contribution in [1.29, 1.82) is 0 Å². The number of fused-ring (bicyclic) bond motifs is 1. The van der Waals surface area contributed by atoms with Crippen molar-refractivity contribution in [2.75, 3.05) is 19.6 Å². The fourth-order valence-electron chi connectivity index (χ4n) is 3.73. The quantitative estimate of drug-likeness (QED) is 0.818. The van der Waals surface area contributed by atoms with Crippen molar-refractivity contribution >= 4 is 11.8 Å². The van der Waals surface area contributed by atoms with E-state index in [1.807, 2.05) is 19.3 Å². The Kier molecular flexibility index (Phi) is 4.23. The van der Waals surface area contributed by atoms with E-state index < -0.39 is 0 Å². The molecule has 3 atom stereocenters. The number of aromatic nitrogens is 4. The number of rotatable bonds is 4. The van der Waals surface area contributed by atoms with Crippen LogP contribution in [-0.2, 0) is 18.8 Å². The Bertz CT molecular complexity index is 814. The molecular formula is C17H22N6O3. The second kappa shape index (κ2) is 6.56. The first kappa shape index (κ1) is 16.8. The van der Waals surface area contributed by atoms with Gasteiger partial charge in [-0.3, -0.25) is 14.3 Å². The van der Waals surface area contributed by atoms with Crippen LogP contribution in [0.2, 0.25) is 0 Å². The summed E-state index contributed by atoms with van der Waals surface area (Å²) in [5, 5.41) is 7.00. The lowest BCUT2D eigenvalue weighted by atomic mass is 10.0. The molecule has 0 spiro atoms. The van der Waals surface area contributed by atoms with Gasteiger partial charge in [-0.1, -0.05) is 0 Å². The van der Waals surface area contributed by atoms with E-state index >= 15 is 0 Å². The van der Waals surface area contributed by atoms with E-state index in [2.05, 4.69) is 15.4 Å². The number of amides is 2. The normalized spacial score (nSPS) is 24.7. The van der Waals surface area contributed by atoms with Crippen LogP contribution in [0.1, 0.15) is 27.5 Å². The predicted molar refractivity (Wildman–Crippen MR) is 91.4 cm³/mol. The third kappa shape index (κ3) is 3.10. The Morgan fingerprint density at radius 2 is 2.19 bits per heavy atom. The third-order valence-electron chi connectivity index (χ3n) is 5.06. The molecule has 0 aliphatic carbocycles. The minimum absolute atomic E-state index is 0.0135. The number of likely N-dealkylation sites (tertiary alicyclic amines) is 1. The maximum Gasteiger partial charge on any atom is 0.293 e. The fraction of sp³-hybridized carbons (Fsp3) is 0.529. The zero-order valence-corrected chi connectivity index (χ0v) is 14.8. The number of ether oxygens (including phenoxy) is 1. The average molecular weight is 358 g/mol. The molecule has 2 aliphatic heterocycles. The van der Waals surface area contributed by atoms with Crippen LogP contribution in [0.25, 0.3) is 0 Å².